The van der Waals surface area contributed by atoms with Crippen LogP contribution in [0.25, 0.3) is 10.1 Å². The average Bonchev–Trinajstić information content (AvgIpc) is 2.94. The molecule has 0 fully saturated rings. The minimum Gasteiger partial charge on any atom is -0.296 e. The summed E-state index contributed by atoms with van der Waals surface area (Å²) in [4.78, 5) is 11.9. The number of nitrogens with one attached hydrogen (secondary N) is 1. The van der Waals surface area contributed by atoms with Gasteiger partial charge in [0, 0.05) is 16.0 Å². The van der Waals surface area contributed by atoms with Gasteiger partial charge in [0.25, 0.3) is 0 Å². The first-order valence-electron chi connectivity index (χ1n) is 5.19. The van der Waals surface area contributed by atoms with E-state index in [0.717, 1.165) is 6.29 Å². The van der Waals surface area contributed by atoms with Gasteiger partial charge < -0.3 is 0 Å². The van der Waals surface area contributed by atoms with Crippen LogP contribution in [0.1, 0.15) is 21.1 Å². The van der Waals surface area contributed by atoms with Crippen molar-refractivity contribution in [1.29, 1.82) is 0 Å². The fraction of sp³-hybridized carbons (Fsp3) is 0.0833. The SMILES string of the molecule is O=Cc1[nH]nnc1Cc1cc2ccccc2s1. The Labute approximate surface area is 101 Å². The zero-order valence-corrected chi connectivity index (χ0v) is 9.70. The van der Waals surface area contributed by atoms with Crippen LogP contribution in [0.15, 0.2) is 30.3 Å². The van der Waals surface area contributed by atoms with Crippen LogP contribution >= 0.6 is 11.3 Å². The van der Waals surface area contributed by atoms with E-state index in [9.17, 15) is 4.79 Å². The van der Waals surface area contributed by atoms with E-state index >= 15 is 0 Å². The molecule has 4 nitrogen and oxygen atoms in total. The van der Waals surface area contributed by atoms with Gasteiger partial charge in [0.1, 0.15) is 5.69 Å². The van der Waals surface area contributed by atoms with E-state index in [4.69, 9.17) is 0 Å². The normalized spacial score (nSPS) is 10.8. The van der Waals surface area contributed by atoms with Crippen LogP contribution in [-0.2, 0) is 6.42 Å². The molecule has 3 aromatic rings. The second-order valence-electron chi connectivity index (χ2n) is 3.72. The van der Waals surface area contributed by atoms with Crippen molar-refractivity contribution in [3.05, 3.63) is 46.6 Å². The molecule has 0 unspecified atom stereocenters. The average molecular weight is 243 g/mol. The molecule has 84 valence electrons. The largest absolute Gasteiger partial charge is 0.296 e. The number of thiophene rings is 1. The Hall–Kier alpha value is -2.01. The van der Waals surface area contributed by atoms with Gasteiger partial charge in [-0.15, -0.1) is 16.4 Å². The topological polar surface area (TPSA) is 58.6 Å². The number of benzene rings is 1. The van der Waals surface area contributed by atoms with Crippen molar-refractivity contribution in [2.75, 3.05) is 0 Å². The van der Waals surface area contributed by atoms with E-state index < -0.39 is 0 Å². The van der Waals surface area contributed by atoms with Gasteiger partial charge >= 0.3 is 0 Å². The molecule has 2 heterocycles. The second-order valence-corrected chi connectivity index (χ2v) is 4.89. The van der Waals surface area contributed by atoms with Gasteiger partial charge in [0.05, 0.1) is 5.69 Å². The molecule has 3 rings (SSSR count). The van der Waals surface area contributed by atoms with Crippen LogP contribution in [0.4, 0.5) is 0 Å². The molecule has 0 amide bonds. The number of rotatable bonds is 3. The molecule has 0 aliphatic rings. The predicted molar refractivity (Wildman–Crippen MR) is 66.4 cm³/mol. The van der Waals surface area contributed by atoms with Crippen LogP contribution < -0.4 is 0 Å². The zero-order valence-electron chi connectivity index (χ0n) is 8.88. The molecule has 0 saturated carbocycles. The number of fused-ring (bicyclic) bond motifs is 1. The third-order valence-electron chi connectivity index (χ3n) is 2.59. The molecule has 0 atom stereocenters. The number of aldehydes is 1. The molecule has 0 saturated heterocycles. The van der Waals surface area contributed by atoms with Gasteiger partial charge in [-0.05, 0) is 17.5 Å². The van der Waals surface area contributed by atoms with Gasteiger partial charge in [-0.2, -0.15) is 0 Å². The standard InChI is InChI=1S/C12H9N3OS/c16-7-11-10(13-15-14-11)6-9-5-8-3-1-2-4-12(8)17-9/h1-5,7H,6H2,(H,13,14,15). The number of nitrogens with zero attached hydrogens (tertiary/aromatic N) is 2. The Kier molecular flexibility index (Phi) is 2.45. The fourth-order valence-electron chi connectivity index (χ4n) is 1.77. The lowest BCUT2D eigenvalue weighted by atomic mass is 10.2. The van der Waals surface area contributed by atoms with Crippen molar-refractivity contribution >= 4 is 27.7 Å². The van der Waals surface area contributed by atoms with Crippen LogP contribution in [-0.4, -0.2) is 21.7 Å². The van der Waals surface area contributed by atoms with Crippen molar-refractivity contribution in [2.24, 2.45) is 0 Å². The van der Waals surface area contributed by atoms with E-state index in [1.54, 1.807) is 11.3 Å². The number of hydrogen-bond donors (Lipinski definition) is 1. The molecule has 0 spiro atoms. The minimum atomic E-state index is 0.461. The molecule has 1 N–H and O–H groups in total. The van der Waals surface area contributed by atoms with Crippen molar-refractivity contribution in [3.8, 4) is 0 Å². The summed E-state index contributed by atoms with van der Waals surface area (Å²) in [5, 5.41) is 11.4. The van der Waals surface area contributed by atoms with Crippen molar-refractivity contribution in [2.45, 2.75) is 6.42 Å². The van der Waals surface area contributed by atoms with Gasteiger partial charge in [-0.3, -0.25) is 9.89 Å². The van der Waals surface area contributed by atoms with Crippen LogP contribution in [0.5, 0.6) is 0 Å². The molecular weight excluding hydrogens is 234 g/mol. The van der Waals surface area contributed by atoms with Crippen LogP contribution in [0.2, 0.25) is 0 Å². The number of H-pyrrole nitrogens is 1. The van der Waals surface area contributed by atoms with E-state index in [2.05, 4.69) is 33.6 Å². The van der Waals surface area contributed by atoms with E-state index in [-0.39, 0.29) is 0 Å². The summed E-state index contributed by atoms with van der Waals surface area (Å²) in [5.41, 5.74) is 1.16. The van der Waals surface area contributed by atoms with Gasteiger partial charge in [0.2, 0.25) is 0 Å². The lowest BCUT2D eigenvalue weighted by molar-refractivity contribution is 0.111. The van der Waals surface area contributed by atoms with E-state index in [1.807, 2.05) is 12.1 Å². The van der Waals surface area contributed by atoms with Gasteiger partial charge in [-0.25, -0.2) is 0 Å². The molecular formula is C12H9N3OS. The number of carbonyl (C=O) groups excluding carboxylic acids is 1. The molecule has 0 radical (unpaired) electrons. The third kappa shape index (κ3) is 1.85. The molecule has 5 heteroatoms. The summed E-state index contributed by atoms with van der Waals surface area (Å²) in [6.45, 7) is 0. The highest BCUT2D eigenvalue weighted by Crippen LogP contribution is 2.26. The molecule has 0 aliphatic heterocycles. The maximum atomic E-state index is 10.7. The maximum Gasteiger partial charge on any atom is 0.169 e. The summed E-state index contributed by atoms with van der Waals surface area (Å²) >= 11 is 1.72. The summed E-state index contributed by atoms with van der Waals surface area (Å²) in [7, 11) is 0. The molecule has 2 aromatic heterocycles. The van der Waals surface area contributed by atoms with Crippen molar-refractivity contribution < 1.29 is 4.79 Å². The predicted octanol–water partition coefficient (Wildman–Crippen LogP) is 2.42. The molecule has 0 aliphatic carbocycles. The first-order chi connectivity index (χ1) is 8.36. The Balaban J connectivity index is 1.97. The smallest absolute Gasteiger partial charge is 0.169 e. The fourth-order valence-corrected chi connectivity index (χ4v) is 2.84. The highest BCUT2D eigenvalue weighted by molar-refractivity contribution is 7.19. The highest BCUT2D eigenvalue weighted by atomic mass is 32.1. The van der Waals surface area contributed by atoms with Crippen molar-refractivity contribution in [3.63, 3.8) is 0 Å². The Morgan fingerprint density at radius 1 is 1.35 bits per heavy atom. The summed E-state index contributed by atoms with van der Waals surface area (Å²) in [6, 6.07) is 10.3. The Bertz CT molecular complexity index is 638. The summed E-state index contributed by atoms with van der Waals surface area (Å²) in [5.74, 6) is 0. The summed E-state index contributed by atoms with van der Waals surface area (Å²) < 4.78 is 1.25. The zero-order chi connectivity index (χ0) is 11.7. The first kappa shape index (κ1) is 10.2. The first-order valence-corrected chi connectivity index (χ1v) is 6.01. The number of aromatic amines is 1. The number of carbonyl (C=O) groups is 1. The molecule has 0 bridgehead atoms. The van der Waals surface area contributed by atoms with E-state index in [1.165, 1.54) is 15.0 Å². The lowest BCUT2D eigenvalue weighted by Crippen LogP contribution is -1.91. The molecule has 17 heavy (non-hydrogen) atoms. The van der Waals surface area contributed by atoms with Crippen LogP contribution in [0.3, 0.4) is 0 Å². The second kappa shape index (κ2) is 4.10. The molecule has 1 aromatic carbocycles. The monoisotopic (exact) mass is 243 g/mol. The highest BCUT2D eigenvalue weighted by Gasteiger charge is 2.09. The van der Waals surface area contributed by atoms with Crippen molar-refractivity contribution in [1.82, 2.24) is 15.4 Å². The number of hydrogen-bond acceptors (Lipinski definition) is 4. The quantitative estimate of drug-likeness (QED) is 0.719. The van der Waals surface area contributed by atoms with Gasteiger partial charge in [0.15, 0.2) is 6.29 Å². The van der Waals surface area contributed by atoms with Crippen LogP contribution in [0, 0.1) is 0 Å². The van der Waals surface area contributed by atoms with E-state index in [0.29, 0.717) is 17.8 Å². The Morgan fingerprint density at radius 2 is 2.24 bits per heavy atom. The number of aromatic nitrogens is 3. The summed E-state index contributed by atoms with van der Waals surface area (Å²) in [6.07, 6.45) is 1.40. The third-order valence-corrected chi connectivity index (χ3v) is 3.70. The van der Waals surface area contributed by atoms with Gasteiger partial charge in [-0.1, -0.05) is 23.4 Å². The minimum absolute atomic E-state index is 0.461. The lowest BCUT2D eigenvalue weighted by Gasteiger charge is -1.91. The maximum absolute atomic E-state index is 10.7. The Morgan fingerprint density at radius 3 is 3.06 bits per heavy atom.